The standard InChI is InChI=1S/C39H34ClFN2O4/c1-39(2,3)30-17-13-27(14-18-30)37(46)42-34-20-16-28(29-15-19-33(41)32(40)22-29)21-31(34)38(47)43-35(23-36(44)45)26-11-9-25(10-12-26)24-7-5-4-6-8-24/h4-22,35H,23H2,1-3H3,(H,42,46)(H,43,47)(H,44,45). The molecule has 0 fully saturated rings. The molecule has 8 heteroatoms. The first-order valence-electron chi connectivity index (χ1n) is 15.1. The number of carbonyl (C=O) groups excluding carboxylic acids is 2. The van der Waals surface area contributed by atoms with E-state index in [2.05, 4.69) is 31.4 Å². The first kappa shape index (κ1) is 33.1. The summed E-state index contributed by atoms with van der Waals surface area (Å²) in [4.78, 5) is 39.2. The zero-order valence-electron chi connectivity index (χ0n) is 26.2. The maximum absolute atomic E-state index is 14.0. The summed E-state index contributed by atoms with van der Waals surface area (Å²) in [6.07, 6.45) is -0.370. The second kappa shape index (κ2) is 14.0. The monoisotopic (exact) mass is 648 g/mol. The Morgan fingerprint density at radius 2 is 1.34 bits per heavy atom. The van der Waals surface area contributed by atoms with Gasteiger partial charge in [-0.15, -0.1) is 0 Å². The van der Waals surface area contributed by atoms with Crippen LogP contribution in [0.2, 0.25) is 5.02 Å². The van der Waals surface area contributed by atoms with E-state index < -0.39 is 29.6 Å². The Morgan fingerprint density at radius 1 is 0.745 bits per heavy atom. The van der Waals surface area contributed by atoms with E-state index in [1.165, 1.54) is 18.2 Å². The summed E-state index contributed by atoms with van der Waals surface area (Å²) in [5, 5.41) is 15.3. The van der Waals surface area contributed by atoms with Crippen LogP contribution in [0, 0.1) is 5.82 Å². The minimum atomic E-state index is -1.09. The van der Waals surface area contributed by atoms with Crippen LogP contribution in [0.5, 0.6) is 0 Å². The Morgan fingerprint density at radius 3 is 1.96 bits per heavy atom. The van der Waals surface area contributed by atoms with E-state index >= 15 is 0 Å². The Kier molecular flexibility index (Phi) is 9.87. The predicted molar refractivity (Wildman–Crippen MR) is 184 cm³/mol. The van der Waals surface area contributed by atoms with Gasteiger partial charge in [0.25, 0.3) is 11.8 Å². The molecule has 0 bridgehead atoms. The smallest absolute Gasteiger partial charge is 0.305 e. The molecule has 1 unspecified atom stereocenters. The quantitative estimate of drug-likeness (QED) is 0.148. The maximum atomic E-state index is 14.0. The van der Waals surface area contributed by atoms with E-state index in [9.17, 15) is 23.9 Å². The van der Waals surface area contributed by atoms with E-state index in [0.29, 0.717) is 22.3 Å². The summed E-state index contributed by atoms with van der Waals surface area (Å²) in [6.45, 7) is 6.24. The van der Waals surface area contributed by atoms with Crippen LogP contribution in [0.25, 0.3) is 22.3 Å². The number of anilines is 1. The molecule has 5 aromatic carbocycles. The van der Waals surface area contributed by atoms with Gasteiger partial charge in [0.05, 0.1) is 28.7 Å². The second-order valence-electron chi connectivity index (χ2n) is 12.3. The van der Waals surface area contributed by atoms with Crippen molar-refractivity contribution in [3.05, 3.63) is 148 Å². The first-order chi connectivity index (χ1) is 22.4. The van der Waals surface area contributed by atoms with Gasteiger partial charge in [-0.05, 0) is 75.2 Å². The lowest BCUT2D eigenvalue weighted by atomic mass is 9.86. The fourth-order valence-corrected chi connectivity index (χ4v) is 5.39. The fourth-order valence-electron chi connectivity index (χ4n) is 5.21. The molecule has 0 heterocycles. The number of rotatable bonds is 9. The van der Waals surface area contributed by atoms with E-state index in [-0.39, 0.29) is 28.1 Å². The molecule has 0 aliphatic carbocycles. The van der Waals surface area contributed by atoms with Crippen LogP contribution in [0.4, 0.5) is 10.1 Å². The molecule has 0 spiro atoms. The summed E-state index contributed by atoms with van der Waals surface area (Å²) in [7, 11) is 0. The molecule has 0 radical (unpaired) electrons. The van der Waals surface area contributed by atoms with Gasteiger partial charge in [-0.3, -0.25) is 14.4 Å². The van der Waals surface area contributed by atoms with Crippen LogP contribution in [-0.2, 0) is 10.2 Å². The summed E-state index contributed by atoms with van der Waals surface area (Å²) < 4.78 is 13.9. The molecule has 5 rings (SSSR count). The topological polar surface area (TPSA) is 95.5 Å². The van der Waals surface area contributed by atoms with Gasteiger partial charge in [0, 0.05) is 5.56 Å². The van der Waals surface area contributed by atoms with Gasteiger partial charge >= 0.3 is 5.97 Å². The minimum absolute atomic E-state index is 0.0787. The molecular weight excluding hydrogens is 615 g/mol. The molecule has 0 aliphatic heterocycles. The molecule has 0 aromatic heterocycles. The highest BCUT2D eigenvalue weighted by Crippen LogP contribution is 2.31. The van der Waals surface area contributed by atoms with Crippen molar-refractivity contribution in [3.63, 3.8) is 0 Å². The summed E-state index contributed by atoms with van der Waals surface area (Å²) in [5.74, 6) is -2.69. The molecule has 2 amide bonds. The number of aliphatic carboxylic acids is 1. The molecule has 5 aromatic rings. The van der Waals surface area contributed by atoms with Gasteiger partial charge in [-0.25, -0.2) is 4.39 Å². The summed E-state index contributed by atoms with van der Waals surface area (Å²) >= 11 is 6.04. The molecule has 47 heavy (non-hydrogen) atoms. The first-order valence-corrected chi connectivity index (χ1v) is 15.5. The third-order valence-corrected chi connectivity index (χ3v) is 8.17. The van der Waals surface area contributed by atoms with E-state index in [4.69, 9.17) is 11.6 Å². The Hall–Kier alpha value is -5.27. The Bertz CT molecular complexity index is 1920. The molecule has 0 aliphatic rings. The normalized spacial score (nSPS) is 11.9. The summed E-state index contributed by atoms with van der Waals surface area (Å²) in [6, 6.07) is 32.5. The van der Waals surface area contributed by atoms with Crippen molar-refractivity contribution in [1.29, 1.82) is 0 Å². The number of benzene rings is 5. The molecule has 1 atom stereocenters. The third kappa shape index (κ3) is 8.12. The second-order valence-corrected chi connectivity index (χ2v) is 12.7. The molecule has 0 saturated carbocycles. The number of carboxylic acid groups (broad SMARTS) is 1. The van der Waals surface area contributed by atoms with Crippen LogP contribution >= 0.6 is 11.6 Å². The Labute approximate surface area is 278 Å². The number of carbonyl (C=O) groups is 3. The number of halogens is 2. The predicted octanol–water partition coefficient (Wildman–Crippen LogP) is 9.31. The van der Waals surface area contributed by atoms with Gasteiger partial charge in [0.2, 0.25) is 0 Å². The van der Waals surface area contributed by atoms with Crippen LogP contribution in [0.15, 0.2) is 115 Å². The highest BCUT2D eigenvalue weighted by atomic mass is 35.5. The largest absolute Gasteiger partial charge is 0.481 e. The van der Waals surface area contributed by atoms with Crippen molar-refractivity contribution in [2.75, 3.05) is 5.32 Å². The van der Waals surface area contributed by atoms with Crippen molar-refractivity contribution in [2.45, 2.75) is 38.6 Å². The van der Waals surface area contributed by atoms with Crippen LogP contribution in [0.1, 0.15) is 65.1 Å². The van der Waals surface area contributed by atoms with E-state index in [0.717, 1.165) is 16.7 Å². The maximum Gasteiger partial charge on any atom is 0.305 e. The van der Waals surface area contributed by atoms with Gasteiger partial charge < -0.3 is 15.7 Å². The lowest BCUT2D eigenvalue weighted by Crippen LogP contribution is -2.31. The molecule has 238 valence electrons. The highest BCUT2D eigenvalue weighted by molar-refractivity contribution is 6.31. The highest BCUT2D eigenvalue weighted by Gasteiger charge is 2.23. The van der Waals surface area contributed by atoms with Gasteiger partial charge in [0.1, 0.15) is 5.82 Å². The molecule has 0 saturated heterocycles. The minimum Gasteiger partial charge on any atom is -0.481 e. The van der Waals surface area contributed by atoms with Crippen molar-refractivity contribution in [3.8, 4) is 22.3 Å². The fraction of sp³-hybridized carbons (Fsp3) is 0.154. The van der Waals surface area contributed by atoms with Crippen molar-refractivity contribution >= 4 is 35.1 Å². The zero-order valence-corrected chi connectivity index (χ0v) is 26.9. The van der Waals surface area contributed by atoms with Crippen molar-refractivity contribution < 1.29 is 23.9 Å². The summed E-state index contributed by atoms with van der Waals surface area (Å²) in [5.41, 5.74) is 5.35. The van der Waals surface area contributed by atoms with Crippen molar-refractivity contribution in [2.24, 2.45) is 0 Å². The van der Waals surface area contributed by atoms with Gasteiger partial charge in [-0.2, -0.15) is 0 Å². The van der Waals surface area contributed by atoms with Crippen LogP contribution in [0.3, 0.4) is 0 Å². The number of carboxylic acids is 1. The van der Waals surface area contributed by atoms with Gasteiger partial charge in [0.15, 0.2) is 0 Å². The van der Waals surface area contributed by atoms with Crippen molar-refractivity contribution in [1.82, 2.24) is 5.32 Å². The Balaban J connectivity index is 1.48. The van der Waals surface area contributed by atoms with Crippen LogP contribution in [-0.4, -0.2) is 22.9 Å². The number of nitrogens with one attached hydrogen (secondary N) is 2. The van der Waals surface area contributed by atoms with Gasteiger partial charge in [-0.1, -0.05) is 111 Å². The van der Waals surface area contributed by atoms with E-state index in [1.54, 1.807) is 42.5 Å². The zero-order chi connectivity index (χ0) is 33.7. The molecule has 6 nitrogen and oxygen atoms in total. The lowest BCUT2D eigenvalue weighted by Gasteiger charge is -2.20. The third-order valence-electron chi connectivity index (χ3n) is 7.88. The lowest BCUT2D eigenvalue weighted by molar-refractivity contribution is -0.137. The average molecular weight is 649 g/mol. The molecule has 3 N–H and O–H groups in total. The average Bonchev–Trinajstić information content (AvgIpc) is 3.06. The number of hydrogen-bond donors (Lipinski definition) is 3. The number of hydrogen-bond acceptors (Lipinski definition) is 3. The molecular formula is C39H34ClFN2O4. The SMILES string of the molecule is CC(C)(C)c1ccc(C(=O)Nc2ccc(-c3ccc(F)c(Cl)c3)cc2C(=O)NC(CC(=O)O)c2ccc(-c3ccccc3)cc2)cc1. The number of amides is 2. The van der Waals surface area contributed by atoms with E-state index in [1.807, 2.05) is 54.6 Å². The van der Waals surface area contributed by atoms with Crippen LogP contribution < -0.4 is 10.6 Å².